The molecule has 0 spiro atoms. The van der Waals surface area contributed by atoms with E-state index in [1.54, 1.807) is 0 Å². The summed E-state index contributed by atoms with van der Waals surface area (Å²) in [6, 6.07) is 2.07. The van der Waals surface area contributed by atoms with Gasteiger partial charge in [0.25, 0.3) is 0 Å². The molecule has 0 atom stereocenters. The molecule has 3 nitrogen and oxygen atoms in total. The monoisotopic (exact) mass is 182 g/mol. The Morgan fingerprint density at radius 2 is 2.15 bits per heavy atom. The highest BCUT2D eigenvalue weighted by molar-refractivity contribution is 5.09. The van der Waals surface area contributed by atoms with Gasteiger partial charge in [-0.15, -0.1) is 0 Å². The first kappa shape index (κ1) is 10.3. The quantitative estimate of drug-likeness (QED) is 0.765. The maximum Gasteiger partial charge on any atom is 0.0633 e. The fourth-order valence-electron chi connectivity index (χ4n) is 1.27. The fourth-order valence-corrected chi connectivity index (χ4v) is 1.27. The van der Waals surface area contributed by atoms with Gasteiger partial charge >= 0.3 is 0 Å². The second-order valence-corrected chi connectivity index (χ2v) is 4.40. The van der Waals surface area contributed by atoms with E-state index in [1.165, 1.54) is 0 Å². The predicted octanol–water partition coefficient (Wildman–Crippen LogP) is 1.29. The number of hydrogen-bond donors (Lipinski definition) is 1. The van der Waals surface area contributed by atoms with Crippen molar-refractivity contribution in [2.45, 2.75) is 27.2 Å². The Balaban J connectivity index is 2.75. The van der Waals surface area contributed by atoms with Crippen molar-refractivity contribution in [3.05, 3.63) is 17.5 Å². The second kappa shape index (κ2) is 3.50. The van der Waals surface area contributed by atoms with Gasteiger partial charge in [-0.1, -0.05) is 13.8 Å². The van der Waals surface area contributed by atoms with Gasteiger partial charge in [0.15, 0.2) is 0 Å². The zero-order valence-electron chi connectivity index (χ0n) is 8.83. The Kier molecular flexibility index (Phi) is 2.76. The van der Waals surface area contributed by atoms with Crippen molar-refractivity contribution in [2.75, 3.05) is 6.61 Å². The maximum atomic E-state index is 9.10. The summed E-state index contributed by atoms with van der Waals surface area (Å²) in [4.78, 5) is 0. The standard InChI is InChI=1S/C10H18N2O/c1-8-5-9(11-12(8)4)6-10(2,3)7-13/h5,13H,6-7H2,1-4H3. The average molecular weight is 182 g/mol. The number of rotatable bonds is 3. The Labute approximate surface area is 79.4 Å². The number of aliphatic hydroxyl groups excluding tert-OH is 1. The molecular formula is C10H18N2O. The summed E-state index contributed by atoms with van der Waals surface area (Å²) in [6.45, 7) is 6.30. The van der Waals surface area contributed by atoms with Crippen LogP contribution in [0.25, 0.3) is 0 Å². The van der Waals surface area contributed by atoms with E-state index < -0.39 is 0 Å². The van der Waals surface area contributed by atoms with Crippen molar-refractivity contribution in [2.24, 2.45) is 12.5 Å². The van der Waals surface area contributed by atoms with Crippen molar-refractivity contribution in [1.29, 1.82) is 0 Å². The lowest BCUT2D eigenvalue weighted by atomic mass is 9.89. The average Bonchev–Trinajstić information content (AvgIpc) is 2.30. The predicted molar refractivity (Wildman–Crippen MR) is 52.5 cm³/mol. The van der Waals surface area contributed by atoms with Gasteiger partial charge in [0.2, 0.25) is 0 Å². The van der Waals surface area contributed by atoms with Gasteiger partial charge < -0.3 is 5.11 Å². The van der Waals surface area contributed by atoms with Crippen LogP contribution in [0.4, 0.5) is 0 Å². The lowest BCUT2D eigenvalue weighted by Gasteiger charge is -2.19. The van der Waals surface area contributed by atoms with Gasteiger partial charge in [0, 0.05) is 19.3 Å². The lowest BCUT2D eigenvalue weighted by molar-refractivity contribution is 0.158. The first-order valence-corrected chi connectivity index (χ1v) is 4.55. The molecule has 1 aromatic heterocycles. The van der Waals surface area contributed by atoms with Gasteiger partial charge in [0.1, 0.15) is 0 Å². The summed E-state index contributed by atoms with van der Waals surface area (Å²) in [6.07, 6.45) is 0.825. The third kappa shape index (κ3) is 2.56. The molecule has 0 amide bonds. The molecule has 0 aliphatic heterocycles. The zero-order valence-corrected chi connectivity index (χ0v) is 8.83. The smallest absolute Gasteiger partial charge is 0.0633 e. The molecule has 0 fully saturated rings. The summed E-state index contributed by atoms with van der Waals surface area (Å²) >= 11 is 0. The first-order valence-electron chi connectivity index (χ1n) is 4.55. The van der Waals surface area contributed by atoms with E-state index in [2.05, 4.69) is 11.2 Å². The molecule has 0 saturated heterocycles. The third-order valence-electron chi connectivity index (χ3n) is 2.25. The highest BCUT2D eigenvalue weighted by Crippen LogP contribution is 2.20. The topological polar surface area (TPSA) is 38.1 Å². The Hall–Kier alpha value is -0.830. The van der Waals surface area contributed by atoms with Crippen LogP contribution in [-0.4, -0.2) is 21.5 Å². The number of hydrogen-bond acceptors (Lipinski definition) is 2. The molecule has 1 heterocycles. The zero-order chi connectivity index (χ0) is 10.1. The molecule has 0 unspecified atom stereocenters. The van der Waals surface area contributed by atoms with Crippen molar-refractivity contribution < 1.29 is 5.11 Å². The van der Waals surface area contributed by atoms with Gasteiger partial charge in [-0.05, 0) is 24.8 Å². The molecule has 1 aromatic rings. The molecule has 3 heteroatoms. The van der Waals surface area contributed by atoms with Crippen molar-refractivity contribution in [3.8, 4) is 0 Å². The molecule has 1 rings (SSSR count). The van der Waals surface area contributed by atoms with Crippen LogP contribution < -0.4 is 0 Å². The third-order valence-corrected chi connectivity index (χ3v) is 2.25. The van der Waals surface area contributed by atoms with Gasteiger partial charge in [-0.2, -0.15) is 5.10 Å². The minimum atomic E-state index is -0.0687. The van der Waals surface area contributed by atoms with E-state index >= 15 is 0 Å². The molecule has 0 aliphatic carbocycles. The molecule has 0 aliphatic rings. The molecule has 0 saturated carbocycles. The van der Waals surface area contributed by atoms with Crippen molar-refractivity contribution in [3.63, 3.8) is 0 Å². The Morgan fingerprint density at radius 1 is 1.54 bits per heavy atom. The molecule has 0 bridgehead atoms. The summed E-state index contributed by atoms with van der Waals surface area (Å²) in [5.41, 5.74) is 2.14. The Bertz CT molecular complexity index is 270. The first-order chi connectivity index (χ1) is 5.94. The van der Waals surface area contributed by atoms with Crippen LogP contribution >= 0.6 is 0 Å². The van der Waals surface area contributed by atoms with Crippen molar-refractivity contribution >= 4 is 0 Å². The molecule has 0 radical (unpaired) electrons. The fraction of sp³-hybridized carbons (Fsp3) is 0.700. The van der Waals surface area contributed by atoms with E-state index in [-0.39, 0.29) is 12.0 Å². The largest absolute Gasteiger partial charge is 0.396 e. The Morgan fingerprint density at radius 3 is 2.54 bits per heavy atom. The molecule has 1 N–H and O–H groups in total. The summed E-state index contributed by atoms with van der Waals surface area (Å²) in [5, 5.41) is 13.4. The molecule has 0 aromatic carbocycles. The van der Waals surface area contributed by atoms with E-state index in [9.17, 15) is 0 Å². The van der Waals surface area contributed by atoms with Crippen LogP contribution in [0.15, 0.2) is 6.07 Å². The summed E-state index contributed by atoms with van der Waals surface area (Å²) in [7, 11) is 1.94. The SMILES string of the molecule is Cc1cc(CC(C)(C)CO)nn1C. The van der Waals surface area contributed by atoms with Crippen LogP contribution in [0, 0.1) is 12.3 Å². The van der Waals surface area contributed by atoms with E-state index in [0.717, 1.165) is 17.8 Å². The van der Waals surface area contributed by atoms with Crippen LogP contribution in [0.2, 0.25) is 0 Å². The van der Waals surface area contributed by atoms with Gasteiger partial charge in [0.05, 0.1) is 5.69 Å². The molecule has 13 heavy (non-hydrogen) atoms. The lowest BCUT2D eigenvalue weighted by Crippen LogP contribution is -2.20. The highest BCUT2D eigenvalue weighted by Gasteiger charge is 2.18. The van der Waals surface area contributed by atoms with Crippen LogP contribution in [0.5, 0.6) is 0 Å². The van der Waals surface area contributed by atoms with Crippen LogP contribution in [-0.2, 0) is 13.5 Å². The minimum absolute atomic E-state index is 0.0687. The van der Waals surface area contributed by atoms with E-state index in [4.69, 9.17) is 5.11 Å². The second-order valence-electron chi connectivity index (χ2n) is 4.40. The number of aryl methyl sites for hydroxylation is 2. The van der Waals surface area contributed by atoms with Crippen LogP contribution in [0.1, 0.15) is 25.2 Å². The van der Waals surface area contributed by atoms with E-state index in [0.29, 0.717) is 0 Å². The van der Waals surface area contributed by atoms with E-state index in [1.807, 2.05) is 32.5 Å². The van der Waals surface area contributed by atoms with Gasteiger partial charge in [-0.3, -0.25) is 4.68 Å². The summed E-state index contributed by atoms with van der Waals surface area (Å²) < 4.78 is 1.86. The summed E-state index contributed by atoms with van der Waals surface area (Å²) in [5.74, 6) is 0. The van der Waals surface area contributed by atoms with Gasteiger partial charge in [-0.25, -0.2) is 0 Å². The minimum Gasteiger partial charge on any atom is -0.396 e. The molecular weight excluding hydrogens is 164 g/mol. The number of nitrogens with zero attached hydrogens (tertiary/aromatic N) is 2. The number of aliphatic hydroxyl groups is 1. The van der Waals surface area contributed by atoms with Crippen LogP contribution in [0.3, 0.4) is 0 Å². The highest BCUT2D eigenvalue weighted by atomic mass is 16.3. The maximum absolute atomic E-state index is 9.10. The molecule has 74 valence electrons. The number of aromatic nitrogens is 2. The van der Waals surface area contributed by atoms with Crippen molar-refractivity contribution in [1.82, 2.24) is 9.78 Å². The normalized spacial score (nSPS) is 12.1.